The number of aromatic nitrogens is 4. The molecule has 2 N–H and O–H groups in total. The van der Waals surface area contributed by atoms with Crippen LogP contribution < -0.4 is 5.73 Å². The molecule has 0 radical (unpaired) electrons. The first-order chi connectivity index (χ1) is 9.16. The molecule has 0 saturated carbocycles. The Hall–Kier alpha value is -2.14. The van der Waals surface area contributed by atoms with Gasteiger partial charge < -0.3 is 10.3 Å². The molecule has 2 aromatic heterocycles. The van der Waals surface area contributed by atoms with Crippen LogP contribution in [0.3, 0.4) is 0 Å². The molecule has 0 fully saturated rings. The molecule has 5 nitrogen and oxygen atoms in total. The maximum absolute atomic E-state index is 6.17. The summed E-state index contributed by atoms with van der Waals surface area (Å²) in [6.07, 6.45) is 5.72. The fourth-order valence-corrected chi connectivity index (χ4v) is 2.51. The molecule has 1 aromatic carbocycles. The van der Waals surface area contributed by atoms with Crippen molar-refractivity contribution in [1.29, 1.82) is 0 Å². The standard InChI is InChI=1S/C14H17N5/c1-10(15)14(11-7-17-18(2)8-11)19-9-16-12-5-3-4-6-13(12)19/h3-10,14H,15H2,1-2H3. The second kappa shape index (κ2) is 4.51. The van der Waals surface area contributed by atoms with E-state index in [4.69, 9.17) is 5.73 Å². The van der Waals surface area contributed by atoms with E-state index in [2.05, 4.69) is 20.7 Å². The third-order valence-electron chi connectivity index (χ3n) is 3.35. The van der Waals surface area contributed by atoms with Crippen LogP contribution in [0.15, 0.2) is 43.0 Å². The van der Waals surface area contributed by atoms with E-state index in [-0.39, 0.29) is 12.1 Å². The molecule has 2 atom stereocenters. The Kier molecular flexibility index (Phi) is 2.83. The highest BCUT2D eigenvalue weighted by Crippen LogP contribution is 2.25. The van der Waals surface area contributed by atoms with Gasteiger partial charge in [0.15, 0.2) is 0 Å². The number of para-hydroxylation sites is 2. The Bertz CT molecular complexity index is 695. The highest BCUT2D eigenvalue weighted by molar-refractivity contribution is 5.75. The Morgan fingerprint density at radius 2 is 2.05 bits per heavy atom. The number of hydrogen-bond donors (Lipinski definition) is 1. The van der Waals surface area contributed by atoms with Gasteiger partial charge in [-0.1, -0.05) is 12.1 Å². The van der Waals surface area contributed by atoms with Crippen molar-refractivity contribution in [2.24, 2.45) is 12.8 Å². The Morgan fingerprint density at radius 1 is 1.26 bits per heavy atom. The Balaban J connectivity index is 2.15. The van der Waals surface area contributed by atoms with Crippen LogP contribution >= 0.6 is 0 Å². The average Bonchev–Trinajstić information content (AvgIpc) is 2.98. The second-order valence-electron chi connectivity index (χ2n) is 4.89. The Morgan fingerprint density at radius 3 is 2.74 bits per heavy atom. The summed E-state index contributed by atoms with van der Waals surface area (Å²) in [6.45, 7) is 2.01. The monoisotopic (exact) mass is 255 g/mol. The first kappa shape index (κ1) is 11.9. The van der Waals surface area contributed by atoms with Crippen molar-refractivity contribution in [3.05, 3.63) is 48.5 Å². The highest BCUT2D eigenvalue weighted by atomic mass is 15.2. The van der Waals surface area contributed by atoms with Gasteiger partial charge in [0.05, 0.1) is 29.6 Å². The van der Waals surface area contributed by atoms with Crippen molar-refractivity contribution < 1.29 is 0 Å². The van der Waals surface area contributed by atoms with Crippen LogP contribution in [0.1, 0.15) is 18.5 Å². The van der Waals surface area contributed by atoms with Crippen molar-refractivity contribution >= 4 is 11.0 Å². The largest absolute Gasteiger partial charge is 0.326 e. The van der Waals surface area contributed by atoms with Crippen molar-refractivity contribution in [1.82, 2.24) is 19.3 Å². The number of rotatable bonds is 3. The molecule has 0 amide bonds. The number of nitrogens with two attached hydrogens (primary N) is 1. The molecule has 98 valence electrons. The first-order valence-electron chi connectivity index (χ1n) is 6.32. The van der Waals surface area contributed by atoms with E-state index in [1.54, 1.807) is 4.68 Å². The zero-order valence-corrected chi connectivity index (χ0v) is 11.1. The zero-order chi connectivity index (χ0) is 13.4. The van der Waals surface area contributed by atoms with Gasteiger partial charge >= 0.3 is 0 Å². The molecule has 3 aromatic rings. The van der Waals surface area contributed by atoms with Crippen LogP contribution in [0.5, 0.6) is 0 Å². The van der Waals surface area contributed by atoms with Gasteiger partial charge in [0.1, 0.15) is 0 Å². The van der Waals surface area contributed by atoms with Crippen LogP contribution in [-0.2, 0) is 7.05 Å². The molecule has 0 aliphatic rings. The van der Waals surface area contributed by atoms with Crippen LogP contribution in [0, 0.1) is 0 Å². The molecule has 0 aliphatic carbocycles. The number of imidazole rings is 1. The zero-order valence-electron chi connectivity index (χ0n) is 11.1. The van der Waals surface area contributed by atoms with Gasteiger partial charge in [-0.2, -0.15) is 5.10 Å². The fourth-order valence-electron chi connectivity index (χ4n) is 2.51. The summed E-state index contributed by atoms with van der Waals surface area (Å²) < 4.78 is 3.92. The Labute approximate surface area is 111 Å². The summed E-state index contributed by atoms with van der Waals surface area (Å²) >= 11 is 0. The van der Waals surface area contributed by atoms with Crippen LogP contribution in [0.4, 0.5) is 0 Å². The van der Waals surface area contributed by atoms with Crippen molar-refractivity contribution in [2.75, 3.05) is 0 Å². The molecule has 0 saturated heterocycles. The smallest absolute Gasteiger partial charge is 0.0964 e. The van der Waals surface area contributed by atoms with Crippen molar-refractivity contribution in [3.8, 4) is 0 Å². The van der Waals surface area contributed by atoms with E-state index in [1.807, 2.05) is 50.9 Å². The predicted molar refractivity (Wildman–Crippen MR) is 74.7 cm³/mol. The number of fused-ring (bicyclic) bond motifs is 1. The van der Waals surface area contributed by atoms with Crippen molar-refractivity contribution in [2.45, 2.75) is 19.0 Å². The molecule has 19 heavy (non-hydrogen) atoms. The average molecular weight is 255 g/mol. The molecule has 0 aliphatic heterocycles. The lowest BCUT2D eigenvalue weighted by Gasteiger charge is -2.22. The minimum Gasteiger partial charge on any atom is -0.326 e. The summed E-state index contributed by atoms with van der Waals surface area (Å²) in [6, 6.07) is 8.09. The van der Waals surface area contributed by atoms with Crippen LogP contribution in [0.2, 0.25) is 0 Å². The summed E-state index contributed by atoms with van der Waals surface area (Å²) in [5.74, 6) is 0. The van der Waals surface area contributed by atoms with Crippen LogP contribution in [0.25, 0.3) is 11.0 Å². The minimum atomic E-state index is -0.0261. The first-order valence-corrected chi connectivity index (χ1v) is 6.32. The van der Waals surface area contributed by atoms with E-state index in [0.717, 1.165) is 16.6 Å². The predicted octanol–water partition coefficient (Wildman–Crippen LogP) is 1.71. The SMILES string of the molecule is CC(N)C(c1cnn(C)c1)n1cnc2ccccc21. The third-order valence-corrected chi connectivity index (χ3v) is 3.35. The van der Waals surface area contributed by atoms with Gasteiger partial charge in [-0.25, -0.2) is 4.98 Å². The molecule has 0 spiro atoms. The number of benzene rings is 1. The van der Waals surface area contributed by atoms with Gasteiger partial charge in [-0.05, 0) is 19.1 Å². The van der Waals surface area contributed by atoms with Gasteiger partial charge in [0, 0.05) is 24.8 Å². The topological polar surface area (TPSA) is 61.7 Å². The quantitative estimate of drug-likeness (QED) is 0.775. The number of hydrogen-bond acceptors (Lipinski definition) is 3. The summed E-state index contributed by atoms with van der Waals surface area (Å²) in [5.41, 5.74) is 9.35. The van der Waals surface area contributed by atoms with Crippen LogP contribution in [-0.4, -0.2) is 25.4 Å². The van der Waals surface area contributed by atoms with Gasteiger partial charge in [-0.3, -0.25) is 4.68 Å². The highest BCUT2D eigenvalue weighted by Gasteiger charge is 2.21. The number of nitrogens with zero attached hydrogens (tertiary/aromatic N) is 4. The summed E-state index contributed by atoms with van der Waals surface area (Å²) in [5, 5.41) is 4.24. The van der Waals surface area contributed by atoms with E-state index in [9.17, 15) is 0 Å². The minimum absolute atomic E-state index is 0.0261. The van der Waals surface area contributed by atoms with E-state index >= 15 is 0 Å². The van der Waals surface area contributed by atoms with Gasteiger partial charge in [0.25, 0.3) is 0 Å². The summed E-state index contributed by atoms with van der Waals surface area (Å²) in [4.78, 5) is 4.43. The summed E-state index contributed by atoms with van der Waals surface area (Å²) in [7, 11) is 1.91. The van der Waals surface area contributed by atoms with E-state index < -0.39 is 0 Å². The molecule has 2 unspecified atom stereocenters. The maximum atomic E-state index is 6.17. The second-order valence-corrected chi connectivity index (χ2v) is 4.89. The molecule has 0 bridgehead atoms. The lowest BCUT2D eigenvalue weighted by molar-refractivity contribution is 0.506. The third kappa shape index (κ3) is 2.02. The lowest BCUT2D eigenvalue weighted by atomic mass is 10.0. The van der Waals surface area contributed by atoms with E-state index in [1.165, 1.54) is 0 Å². The lowest BCUT2D eigenvalue weighted by Crippen LogP contribution is -2.29. The molecule has 5 heteroatoms. The van der Waals surface area contributed by atoms with Gasteiger partial charge in [0.2, 0.25) is 0 Å². The van der Waals surface area contributed by atoms with Gasteiger partial charge in [-0.15, -0.1) is 0 Å². The van der Waals surface area contributed by atoms with Crippen molar-refractivity contribution in [3.63, 3.8) is 0 Å². The maximum Gasteiger partial charge on any atom is 0.0964 e. The van der Waals surface area contributed by atoms with E-state index in [0.29, 0.717) is 0 Å². The molecule has 2 heterocycles. The normalized spacial score (nSPS) is 14.7. The molecule has 3 rings (SSSR count). The molecular formula is C14H17N5. The molecular weight excluding hydrogens is 238 g/mol. The fraction of sp³-hybridized carbons (Fsp3) is 0.286. The number of aryl methyl sites for hydroxylation is 1.